The third kappa shape index (κ3) is 2.41. The van der Waals surface area contributed by atoms with E-state index in [-0.39, 0.29) is 5.91 Å². The zero-order valence-electron chi connectivity index (χ0n) is 9.91. The normalized spacial score (nSPS) is 11.6. The Balaban J connectivity index is 2.23. The van der Waals surface area contributed by atoms with E-state index in [4.69, 9.17) is 0 Å². The number of thiophene rings is 1. The molecule has 18 heavy (non-hydrogen) atoms. The second-order valence-electron chi connectivity index (χ2n) is 3.83. The standard InChI is InChI=1S/C14H12N2OS/c1-16(12(10-15)13-8-5-9-18-13)14(17)11-6-3-2-4-7-11/h2-9,12H,1H3. The number of nitriles is 1. The number of carbonyl (C=O) groups excluding carboxylic acids is 1. The molecule has 1 heterocycles. The number of hydrogen-bond donors (Lipinski definition) is 0. The molecule has 3 nitrogen and oxygen atoms in total. The summed E-state index contributed by atoms with van der Waals surface area (Å²) in [7, 11) is 1.66. The van der Waals surface area contributed by atoms with Gasteiger partial charge in [-0.15, -0.1) is 11.3 Å². The van der Waals surface area contributed by atoms with Crippen molar-refractivity contribution < 1.29 is 4.79 Å². The van der Waals surface area contributed by atoms with Gasteiger partial charge in [0.1, 0.15) is 0 Å². The highest BCUT2D eigenvalue weighted by molar-refractivity contribution is 7.10. The first-order valence-corrected chi connectivity index (χ1v) is 6.37. The van der Waals surface area contributed by atoms with Crippen molar-refractivity contribution >= 4 is 17.2 Å². The van der Waals surface area contributed by atoms with Crippen LogP contribution in [0.2, 0.25) is 0 Å². The van der Waals surface area contributed by atoms with E-state index in [9.17, 15) is 10.1 Å². The molecule has 90 valence electrons. The third-order valence-corrected chi connectivity index (χ3v) is 3.59. The van der Waals surface area contributed by atoms with Crippen molar-refractivity contribution in [3.63, 3.8) is 0 Å². The quantitative estimate of drug-likeness (QED) is 0.847. The van der Waals surface area contributed by atoms with Gasteiger partial charge in [0.05, 0.1) is 6.07 Å². The lowest BCUT2D eigenvalue weighted by Gasteiger charge is -2.21. The fraction of sp³-hybridized carbons (Fsp3) is 0.143. The number of carbonyl (C=O) groups is 1. The van der Waals surface area contributed by atoms with E-state index < -0.39 is 6.04 Å². The molecular formula is C14H12N2OS. The minimum absolute atomic E-state index is 0.143. The fourth-order valence-corrected chi connectivity index (χ4v) is 2.50. The topological polar surface area (TPSA) is 44.1 Å². The van der Waals surface area contributed by atoms with Crippen molar-refractivity contribution in [2.24, 2.45) is 0 Å². The van der Waals surface area contributed by atoms with Crippen molar-refractivity contribution in [1.29, 1.82) is 5.26 Å². The van der Waals surface area contributed by atoms with Gasteiger partial charge in [-0.3, -0.25) is 4.79 Å². The number of nitrogens with zero attached hydrogens (tertiary/aromatic N) is 2. The Labute approximate surface area is 110 Å². The fourth-order valence-electron chi connectivity index (χ4n) is 1.69. The summed E-state index contributed by atoms with van der Waals surface area (Å²) in [5.74, 6) is -0.143. The molecule has 0 N–H and O–H groups in total. The molecule has 1 unspecified atom stereocenters. The molecule has 2 aromatic rings. The van der Waals surface area contributed by atoms with Gasteiger partial charge in [0, 0.05) is 17.5 Å². The average Bonchev–Trinajstić information content (AvgIpc) is 2.93. The van der Waals surface area contributed by atoms with Gasteiger partial charge in [0.2, 0.25) is 0 Å². The molecule has 0 bridgehead atoms. The van der Waals surface area contributed by atoms with Crippen molar-refractivity contribution in [2.75, 3.05) is 7.05 Å². The molecule has 4 heteroatoms. The first-order chi connectivity index (χ1) is 8.74. The van der Waals surface area contributed by atoms with E-state index in [1.165, 1.54) is 16.2 Å². The van der Waals surface area contributed by atoms with Crippen LogP contribution in [0.1, 0.15) is 21.3 Å². The largest absolute Gasteiger partial charge is 0.321 e. The predicted octanol–water partition coefficient (Wildman–Crippen LogP) is 3.08. The number of rotatable bonds is 3. The lowest BCUT2D eigenvalue weighted by atomic mass is 10.1. The molecule has 0 aliphatic carbocycles. The molecule has 1 amide bonds. The molecule has 0 fully saturated rings. The summed E-state index contributed by atoms with van der Waals surface area (Å²) in [6.45, 7) is 0. The van der Waals surface area contributed by atoms with Gasteiger partial charge in [0.15, 0.2) is 6.04 Å². The molecule has 1 aromatic heterocycles. The molecular weight excluding hydrogens is 244 g/mol. The average molecular weight is 256 g/mol. The Kier molecular flexibility index (Phi) is 3.75. The highest BCUT2D eigenvalue weighted by Gasteiger charge is 2.22. The molecule has 0 saturated carbocycles. The second-order valence-corrected chi connectivity index (χ2v) is 4.81. The Morgan fingerprint density at radius 1 is 1.28 bits per heavy atom. The molecule has 1 aromatic carbocycles. The van der Waals surface area contributed by atoms with Gasteiger partial charge in [-0.25, -0.2) is 0 Å². The summed E-state index contributed by atoms with van der Waals surface area (Å²) in [6.07, 6.45) is 0. The van der Waals surface area contributed by atoms with E-state index in [0.29, 0.717) is 5.56 Å². The van der Waals surface area contributed by atoms with Crippen LogP contribution in [0.3, 0.4) is 0 Å². The zero-order valence-corrected chi connectivity index (χ0v) is 10.7. The Morgan fingerprint density at radius 2 is 2.00 bits per heavy atom. The van der Waals surface area contributed by atoms with E-state index in [2.05, 4.69) is 6.07 Å². The summed E-state index contributed by atoms with van der Waals surface area (Å²) < 4.78 is 0. The molecule has 2 rings (SSSR count). The molecule has 0 saturated heterocycles. The van der Waals surface area contributed by atoms with Crippen molar-refractivity contribution in [1.82, 2.24) is 4.90 Å². The first kappa shape index (κ1) is 12.3. The van der Waals surface area contributed by atoms with Gasteiger partial charge >= 0.3 is 0 Å². The predicted molar refractivity (Wildman–Crippen MR) is 71.2 cm³/mol. The molecule has 1 atom stereocenters. The van der Waals surface area contributed by atoms with Crippen LogP contribution < -0.4 is 0 Å². The first-order valence-electron chi connectivity index (χ1n) is 5.49. The summed E-state index contributed by atoms with van der Waals surface area (Å²) >= 11 is 1.48. The van der Waals surface area contributed by atoms with Crippen molar-refractivity contribution in [2.45, 2.75) is 6.04 Å². The molecule has 0 aliphatic rings. The van der Waals surface area contributed by atoms with Gasteiger partial charge in [-0.05, 0) is 23.6 Å². The van der Waals surface area contributed by atoms with Gasteiger partial charge in [-0.1, -0.05) is 24.3 Å². The lowest BCUT2D eigenvalue weighted by molar-refractivity contribution is 0.0765. The third-order valence-electron chi connectivity index (χ3n) is 2.66. The summed E-state index contributed by atoms with van der Waals surface area (Å²) in [4.78, 5) is 14.6. The van der Waals surface area contributed by atoms with Crippen LogP contribution in [0.15, 0.2) is 47.8 Å². The smallest absolute Gasteiger partial charge is 0.254 e. The van der Waals surface area contributed by atoms with Gasteiger partial charge < -0.3 is 4.90 Å². The molecule has 0 aliphatic heterocycles. The van der Waals surface area contributed by atoms with E-state index >= 15 is 0 Å². The van der Waals surface area contributed by atoms with Crippen LogP contribution in [0.25, 0.3) is 0 Å². The second kappa shape index (κ2) is 5.48. The summed E-state index contributed by atoms with van der Waals surface area (Å²) in [5, 5.41) is 11.1. The number of amides is 1. The van der Waals surface area contributed by atoms with Crippen LogP contribution in [-0.4, -0.2) is 17.9 Å². The molecule has 0 radical (unpaired) electrons. The maximum Gasteiger partial charge on any atom is 0.254 e. The van der Waals surface area contributed by atoms with Crippen LogP contribution in [0.4, 0.5) is 0 Å². The Bertz CT molecular complexity index is 557. The van der Waals surface area contributed by atoms with Crippen LogP contribution in [-0.2, 0) is 0 Å². The number of hydrogen-bond acceptors (Lipinski definition) is 3. The minimum Gasteiger partial charge on any atom is -0.321 e. The Morgan fingerprint density at radius 3 is 2.56 bits per heavy atom. The lowest BCUT2D eigenvalue weighted by Crippen LogP contribution is -2.30. The van der Waals surface area contributed by atoms with Crippen LogP contribution in [0, 0.1) is 11.3 Å². The number of benzene rings is 1. The highest BCUT2D eigenvalue weighted by atomic mass is 32.1. The minimum atomic E-state index is -0.530. The summed E-state index contributed by atoms with van der Waals surface area (Å²) in [6, 6.07) is 14.4. The molecule has 0 spiro atoms. The zero-order chi connectivity index (χ0) is 13.0. The van der Waals surface area contributed by atoms with E-state index in [0.717, 1.165) is 4.88 Å². The van der Waals surface area contributed by atoms with Crippen molar-refractivity contribution in [3.05, 3.63) is 58.3 Å². The SMILES string of the molecule is CN(C(=O)c1ccccc1)C(C#N)c1cccs1. The highest BCUT2D eigenvalue weighted by Crippen LogP contribution is 2.24. The Hall–Kier alpha value is -2.12. The van der Waals surface area contributed by atoms with Crippen LogP contribution in [0.5, 0.6) is 0 Å². The monoisotopic (exact) mass is 256 g/mol. The van der Waals surface area contributed by atoms with Gasteiger partial charge in [-0.2, -0.15) is 5.26 Å². The van der Waals surface area contributed by atoms with E-state index in [1.807, 2.05) is 35.7 Å². The maximum atomic E-state index is 12.2. The van der Waals surface area contributed by atoms with Crippen LogP contribution >= 0.6 is 11.3 Å². The van der Waals surface area contributed by atoms with Gasteiger partial charge in [0.25, 0.3) is 5.91 Å². The van der Waals surface area contributed by atoms with E-state index in [1.54, 1.807) is 19.2 Å². The summed E-state index contributed by atoms with van der Waals surface area (Å²) in [5.41, 5.74) is 0.594. The maximum absolute atomic E-state index is 12.2. The van der Waals surface area contributed by atoms with Crippen molar-refractivity contribution in [3.8, 4) is 6.07 Å².